The number of esters is 1. The molecule has 0 aromatic heterocycles. The van der Waals surface area contributed by atoms with E-state index in [0.717, 1.165) is 5.56 Å². The van der Waals surface area contributed by atoms with Crippen LogP contribution in [0.2, 0.25) is 0 Å². The fraction of sp³-hybridized carbons (Fsp3) is 0.467. The monoisotopic (exact) mass is 457 g/mol. The number of aliphatic imine (C=N–C) groups is 1. The first kappa shape index (κ1) is 22.4. The number of hydrogen-bond donors (Lipinski definition) is 2. The van der Waals surface area contributed by atoms with Gasteiger partial charge in [-0.15, -0.1) is 24.0 Å². The minimum absolute atomic E-state index is 0. The third kappa shape index (κ3) is 8.27. The lowest BCUT2D eigenvalue weighted by Crippen LogP contribution is -2.38. The van der Waals surface area contributed by atoms with Crippen LogP contribution in [0.5, 0.6) is 5.75 Å². The van der Waals surface area contributed by atoms with Crippen molar-refractivity contribution in [3.05, 3.63) is 29.3 Å². The number of halogens is 3. The van der Waals surface area contributed by atoms with Gasteiger partial charge in [0.05, 0.1) is 13.5 Å². The summed E-state index contributed by atoms with van der Waals surface area (Å²) in [6.07, 6.45) is 0.196. The quantitative estimate of drug-likeness (QED) is 0.285. The third-order valence-corrected chi connectivity index (χ3v) is 2.95. The van der Waals surface area contributed by atoms with E-state index in [1.54, 1.807) is 19.2 Å². The Hall–Kier alpha value is -1.65. The summed E-state index contributed by atoms with van der Waals surface area (Å²) in [5, 5.41) is 5.91. The average molecular weight is 457 g/mol. The molecule has 0 spiro atoms. The van der Waals surface area contributed by atoms with Gasteiger partial charge in [0, 0.05) is 25.7 Å². The van der Waals surface area contributed by atoms with Gasteiger partial charge >= 0.3 is 12.6 Å². The molecule has 0 atom stereocenters. The Morgan fingerprint density at radius 3 is 2.62 bits per heavy atom. The Balaban J connectivity index is 0.00000529. The number of alkyl halides is 2. The number of rotatable bonds is 7. The minimum atomic E-state index is -2.88. The Morgan fingerprint density at radius 2 is 2.04 bits per heavy atom. The zero-order valence-corrected chi connectivity index (χ0v) is 16.1. The maximum atomic E-state index is 12.4. The zero-order valence-electron chi connectivity index (χ0n) is 13.8. The van der Waals surface area contributed by atoms with Gasteiger partial charge in [0.1, 0.15) is 5.75 Å². The lowest BCUT2D eigenvalue weighted by Gasteiger charge is -2.15. The second-order valence-corrected chi connectivity index (χ2v) is 4.67. The van der Waals surface area contributed by atoms with Crippen LogP contribution in [0.3, 0.4) is 0 Å². The van der Waals surface area contributed by atoms with E-state index in [1.807, 2.05) is 6.92 Å². The van der Waals surface area contributed by atoms with Crippen LogP contribution in [0.15, 0.2) is 23.2 Å². The van der Waals surface area contributed by atoms with Crippen molar-refractivity contribution in [2.24, 2.45) is 4.99 Å². The molecule has 0 bridgehead atoms. The van der Waals surface area contributed by atoms with E-state index in [0.29, 0.717) is 18.1 Å². The van der Waals surface area contributed by atoms with E-state index in [-0.39, 0.29) is 48.7 Å². The van der Waals surface area contributed by atoms with Crippen molar-refractivity contribution >= 4 is 35.9 Å². The fourth-order valence-electron chi connectivity index (χ4n) is 1.84. The SMILES string of the molecule is CN=C(NCCC(=O)OC)NCc1cc(C)ccc1OC(F)F.I. The maximum absolute atomic E-state index is 12.4. The highest BCUT2D eigenvalue weighted by Gasteiger charge is 2.10. The van der Waals surface area contributed by atoms with Crippen molar-refractivity contribution in [2.45, 2.75) is 26.5 Å². The van der Waals surface area contributed by atoms with Crippen LogP contribution in [-0.4, -0.2) is 39.2 Å². The van der Waals surface area contributed by atoms with E-state index in [4.69, 9.17) is 0 Å². The molecule has 24 heavy (non-hydrogen) atoms. The number of carbonyl (C=O) groups excluding carboxylic acids is 1. The van der Waals surface area contributed by atoms with Gasteiger partial charge in [-0.25, -0.2) is 0 Å². The molecule has 0 aliphatic rings. The van der Waals surface area contributed by atoms with Crippen LogP contribution in [0, 0.1) is 6.92 Å². The van der Waals surface area contributed by atoms with Crippen molar-refractivity contribution in [3.8, 4) is 5.75 Å². The molecule has 0 fully saturated rings. The van der Waals surface area contributed by atoms with E-state index >= 15 is 0 Å². The predicted octanol–water partition coefficient (Wildman–Crippen LogP) is 2.44. The first-order valence-electron chi connectivity index (χ1n) is 7.02. The van der Waals surface area contributed by atoms with Crippen molar-refractivity contribution < 1.29 is 23.0 Å². The molecular weight excluding hydrogens is 435 g/mol. The van der Waals surface area contributed by atoms with Crippen LogP contribution in [0.25, 0.3) is 0 Å². The van der Waals surface area contributed by atoms with Crippen molar-refractivity contribution in [3.63, 3.8) is 0 Å². The summed E-state index contributed by atoms with van der Waals surface area (Å²) in [7, 11) is 2.89. The Morgan fingerprint density at radius 1 is 1.33 bits per heavy atom. The predicted molar refractivity (Wildman–Crippen MR) is 98.1 cm³/mol. The first-order chi connectivity index (χ1) is 11.0. The number of benzene rings is 1. The molecule has 6 nitrogen and oxygen atoms in total. The van der Waals surface area contributed by atoms with E-state index in [2.05, 4.69) is 25.1 Å². The van der Waals surface area contributed by atoms with Gasteiger partial charge < -0.3 is 20.1 Å². The molecule has 2 N–H and O–H groups in total. The summed E-state index contributed by atoms with van der Waals surface area (Å²) in [5.41, 5.74) is 1.51. The second kappa shape index (κ2) is 11.8. The van der Waals surface area contributed by atoms with Crippen LogP contribution in [-0.2, 0) is 16.1 Å². The summed E-state index contributed by atoms with van der Waals surface area (Å²) in [4.78, 5) is 15.0. The van der Waals surface area contributed by atoms with Gasteiger partial charge in [-0.3, -0.25) is 9.79 Å². The molecule has 0 saturated carbocycles. The molecular formula is C15H22F2IN3O3. The van der Waals surface area contributed by atoms with Gasteiger partial charge in [-0.2, -0.15) is 8.78 Å². The highest BCUT2D eigenvalue weighted by molar-refractivity contribution is 14.0. The van der Waals surface area contributed by atoms with Crippen molar-refractivity contribution in [1.29, 1.82) is 0 Å². The molecule has 0 aliphatic carbocycles. The van der Waals surface area contributed by atoms with Gasteiger partial charge in [0.25, 0.3) is 0 Å². The van der Waals surface area contributed by atoms with Crippen LogP contribution in [0.1, 0.15) is 17.5 Å². The molecule has 1 rings (SSSR count). The number of nitrogens with zero attached hydrogens (tertiary/aromatic N) is 1. The number of hydrogen-bond acceptors (Lipinski definition) is 4. The fourth-order valence-corrected chi connectivity index (χ4v) is 1.84. The smallest absolute Gasteiger partial charge is 0.387 e. The topological polar surface area (TPSA) is 72.0 Å². The number of carbonyl (C=O) groups is 1. The highest BCUT2D eigenvalue weighted by atomic mass is 127. The first-order valence-corrected chi connectivity index (χ1v) is 7.02. The zero-order chi connectivity index (χ0) is 17.2. The molecule has 9 heteroatoms. The third-order valence-electron chi connectivity index (χ3n) is 2.95. The second-order valence-electron chi connectivity index (χ2n) is 4.67. The largest absolute Gasteiger partial charge is 0.469 e. The molecule has 0 heterocycles. The Kier molecular flexibility index (Phi) is 11.0. The summed E-state index contributed by atoms with van der Waals surface area (Å²) in [6, 6.07) is 4.96. The number of guanidine groups is 1. The number of aryl methyl sites for hydroxylation is 1. The van der Waals surface area contributed by atoms with Crippen LogP contribution < -0.4 is 15.4 Å². The molecule has 1 aromatic carbocycles. The molecule has 0 radical (unpaired) electrons. The molecule has 136 valence electrons. The van der Waals surface area contributed by atoms with Crippen LogP contribution >= 0.6 is 24.0 Å². The lowest BCUT2D eigenvalue weighted by molar-refractivity contribution is -0.140. The van der Waals surface area contributed by atoms with E-state index in [9.17, 15) is 13.6 Å². The Labute approximate surface area is 157 Å². The average Bonchev–Trinajstić information content (AvgIpc) is 2.52. The highest BCUT2D eigenvalue weighted by Crippen LogP contribution is 2.21. The van der Waals surface area contributed by atoms with Gasteiger partial charge in [0.2, 0.25) is 0 Å². The summed E-state index contributed by atoms with van der Waals surface area (Å²) >= 11 is 0. The Bertz CT molecular complexity index is 557. The van der Waals surface area contributed by atoms with Gasteiger partial charge in [-0.1, -0.05) is 17.7 Å². The number of nitrogens with one attached hydrogen (secondary N) is 2. The maximum Gasteiger partial charge on any atom is 0.387 e. The van der Waals surface area contributed by atoms with Gasteiger partial charge in [0.15, 0.2) is 5.96 Å². The molecule has 0 unspecified atom stereocenters. The number of methoxy groups -OCH3 is 1. The van der Waals surface area contributed by atoms with E-state index < -0.39 is 6.61 Å². The molecule has 0 saturated heterocycles. The summed E-state index contributed by atoms with van der Waals surface area (Å²) < 4.78 is 33.9. The standard InChI is InChI=1S/C15H21F2N3O3.HI/c1-10-4-5-12(23-14(16)17)11(8-10)9-20-15(18-2)19-7-6-13(21)22-3;/h4-5,8,14H,6-7,9H2,1-3H3,(H2,18,19,20);1H. The van der Waals surface area contributed by atoms with Crippen molar-refractivity contribution in [1.82, 2.24) is 10.6 Å². The van der Waals surface area contributed by atoms with Gasteiger partial charge in [-0.05, 0) is 13.0 Å². The van der Waals surface area contributed by atoms with Crippen molar-refractivity contribution in [2.75, 3.05) is 20.7 Å². The summed E-state index contributed by atoms with van der Waals surface area (Å²) in [5.74, 6) is 0.223. The summed E-state index contributed by atoms with van der Waals surface area (Å²) in [6.45, 7) is -0.421. The molecule has 0 amide bonds. The number of ether oxygens (including phenoxy) is 2. The molecule has 1 aromatic rings. The lowest BCUT2D eigenvalue weighted by atomic mass is 10.1. The van der Waals surface area contributed by atoms with Crippen LogP contribution in [0.4, 0.5) is 8.78 Å². The molecule has 0 aliphatic heterocycles. The minimum Gasteiger partial charge on any atom is -0.469 e. The van der Waals surface area contributed by atoms with E-state index in [1.165, 1.54) is 13.2 Å². The normalized spacial score (nSPS) is 10.8.